The van der Waals surface area contributed by atoms with E-state index < -0.39 is 10.0 Å². The first kappa shape index (κ1) is 12.6. The van der Waals surface area contributed by atoms with Crippen LogP contribution in [0.3, 0.4) is 0 Å². The molecule has 0 aromatic carbocycles. The Bertz CT molecular complexity index is 501. The third kappa shape index (κ3) is 2.70. The lowest BCUT2D eigenvalue weighted by molar-refractivity contribution is 0.569. The van der Waals surface area contributed by atoms with Gasteiger partial charge in [0.05, 0.1) is 4.90 Å². The highest BCUT2D eigenvalue weighted by Crippen LogP contribution is 2.24. The SMILES string of the molecule is CC(C)n1cc(S(=O)(=O)NC2CC2)cc1CN. The molecule has 5 nitrogen and oxygen atoms in total. The Balaban J connectivity index is 2.31. The molecule has 6 heteroatoms. The molecule has 3 N–H and O–H groups in total. The van der Waals surface area contributed by atoms with Crippen molar-refractivity contribution in [3.8, 4) is 0 Å². The van der Waals surface area contributed by atoms with Crippen molar-refractivity contribution in [2.45, 2.75) is 50.2 Å². The highest BCUT2D eigenvalue weighted by molar-refractivity contribution is 7.89. The van der Waals surface area contributed by atoms with Crippen LogP contribution in [-0.4, -0.2) is 19.0 Å². The topological polar surface area (TPSA) is 77.1 Å². The van der Waals surface area contributed by atoms with Gasteiger partial charge in [-0.2, -0.15) is 0 Å². The van der Waals surface area contributed by atoms with Crippen LogP contribution in [0.5, 0.6) is 0 Å². The summed E-state index contributed by atoms with van der Waals surface area (Å²) in [5.41, 5.74) is 6.47. The first-order valence-corrected chi connectivity index (χ1v) is 7.35. The van der Waals surface area contributed by atoms with Crippen molar-refractivity contribution >= 4 is 10.0 Å². The molecular formula is C11H19N3O2S. The average Bonchev–Trinajstić information content (AvgIpc) is 2.93. The third-order valence-corrected chi connectivity index (χ3v) is 4.37. The lowest BCUT2D eigenvalue weighted by atomic mass is 10.3. The minimum atomic E-state index is -3.37. The van der Waals surface area contributed by atoms with Crippen LogP contribution in [0.1, 0.15) is 38.4 Å². The molecule has 0 atom stereocenters. The molecule has 1 aliphatic carbocycles. The van der Waals surface area contributed by atoms with Crippen molar-refractivity contribution in [2.24, 2.45) is 5.73 Å². The molecule has 0 bridgehead atoms. The Morgan fingerprint density at radius 3 is 2.59 bits per heavy atom. The van der Waals surface area contributed by atoms with Crippen molar-refractivity contribution in [3.63, 3.8) is 0 Å². The summed E-state index contributed by atoms with van der Waals surface area (Å²) < 4.78 is 28.6. The second kappa shape index (κ2) is 4.44. The van der Waals surface area contributed by atoms with Crippen LogP contribution >= 0.6 is 0 Å². The quantitative estimate of drug-likeness (QED) is 0.825. The molecular weight excluding hydrogens is 238 g/mol. The molecule has 1 aromatic heterocycles. The molecule has 1 aliphatic rings. The predicted octanol–water partition coefficient (Wildman–Crippen LogP) is 0.968. The highest BCUT2D eigenvalue weighted by atomic mass is 32.2. The van der Waals surface area contributed by atoms with Gasteiger partial charge in [0.15, 0.2) is 0 Å². The van der Waals surface area contributed by atoms with Crippen LogP contribution in [0.25, 0.3) is 0 Å². The predicted molar refractivity (Wildman–Crippen MR) is 66.1 cm³/mol. The zero-order chi connectivity index (χ0) is 12.6. The van der Waals surface area contributed by atoms with Gasteiger partial charge in [0.1, 0.15) is 0 Å². The van der Waals surface area contributed by atoms with E-state index in [1.54, 1.807) is 12.3 Å². The number of aromatic nitrogens is 1. The van der Waals surface area contributed by atoms with Crippen molar-refractivity contribution < 1.29 is 8.42 Å². The van der Waals surface area contributed by atoms with Crippen LogP contribution in [-0.2, 0) is 16.6 Å². The molecule has 1 heterocycles. The molecule has 0 spiro atoms. The third-order valence-electron chi connectivity index (χ3n) is 2.88. The zero-order valence-electron chi connectivity index (χ0n) is 10.2. The molecule has 2 rings (SSSR count). The highest BCUT2D eigenvalue weighted by Gasteiger charge is 2.29. The Hall–Kier alpha value is -0.850. The number of nitrogens with zero attached hydrogens (tertiary/aromatic N) is 1. The maximum atomic E-state index is 12.0. The molecule has 96 valence electrons. The zero-order valence-corrected chi connectivity index (χ0v) is 11.0. The van der Waals surface area contributed by atoms with Crippen LogP contribution < -0.4 is 10.5 Å². The molecule has 1 fully saturated rings. The Morgan fingerprint density at radius 1 is 1.53 bits per heavy atom. The lowest BCUT2D eigenvalue weighted by Gasteiger charge is -2.10. The number of nitrogens with one attached hydrogen (secondary N) is 1. The van der Waals surface area contributed by atoms with E-state index >= 15 is 0 Å². The van der Waals surface area contributed by atoms with Gasteiger partial charge in [0.25, 0.3) is 0 Å². The van der Waals surface area contributed by atoms with Gasteiger partial charge in [0.2, 0.25) is 10.0 Å². The number of hydrogen-bond donors (Lipinski definition) is 2. The van der Waals surface area contributed by atoms with E-state index in [0.29, 0.717) is 11.4 Å². The molecule has 0 aliphatic heterocycles. The Labute approximate surface area is 102 Å². The summed E-state index contributed by atoms with van der Waals surface area (Å²) in [6, 6.07) is 1.99. The second-order valence-corrected chi connectivity index (χ2v) is 6.48. The lowest BCUT2D eigenvalue weighted by Crippen LogP contribution is -2.25. The van der Waals surface area contributed by atoms with E-state index in [-0.39, 0.29) is 12.1 Å². The monoisotopic (exact) mass is 257 g/mol. The second-order valence-electron chi connectivity index (χ2n) is 4.77. The van der Waals surface area contributed by atoms with E-state index in [9.17, 15) is 8.42 Å². The number of rotatable bonds is 5. The molecule has 0 radical (unpaired) electrons. The van der Waals surface area contributed by atoms with E-state index in [2.05, 4.69) is 4.72 Å². The van der Waals surface area contributed by atoms with Crippen LogP contribution in [0.4, 0.5) is 0 Å². The van der Waals surface area contributed by atoms with E-state index in [1.807, 2.05) is 18.4 Å². The fourth-order valence-corrected chi connectivity index (χ4v) is 3.13. The first-order valence-electron chi connectivity index (χ1n) is 5.87. The number of sulfonamides is 1. The summed E-state index contributed by atoms with van der Waals surface area (Å²) in [4.78, 5) is 0.318. The summed E-state index contributed by atoms with van der Waals surface area (Å²) in [5, 5.41) is 0. The van der Waals surface area contributed by atoms with Gasteiger partial charge in [-0.3, -0.25) is 0 Å². The number of nitrogens with two attached hydrogens (primary N) is 1. The molecule has 17 heavy (non-hydrogen) atoms. The standard InChI is InChI=1S/C11H19N3O2S/c1-8(2)14-7-11(5-10(14)6-12)17(15,16)13-9-3-4-9/h5,7-9,13H,3-4,6,12H2,1-2H3. The fourth-order valence-electron chi connectivity index (χ4n) is 1.78. The van der Waals surface area contributed by atoms with Gasteiger partial charge in [0, 0.05) is 30.5 Å². The van der Waals surface area contributed by atoms with Gasteiger partial charge in [-0.05, 0) is 32.8 Å². The summed E-state index contributed by atoms with van der Waals surface area (Å²) in [6.45, 7) is 4.35. The average molecular weight is 257 g/mol. The maximum absolute atomic E-state index is 12.0. The van der Waals surface area contributed by atoms with Crippen molar-refractivity contribution in [1.29, 1.82) is 0 Å². The molecule has 1 aromatic rings. The molecule has 0 saturated heterocycles. The fraction of sp³-hybridized carbons (Fsp3) is 0.636. The van der Waals surface area contributed by atoms with E-state index in [0.717, 1.165) is 18.5 Å². The van der Waals surface area contributed by atoms with Gasteiger partial charge in [-0.15, -0.1) is 0 Å². The van der Waals surface area contributed by atoms with Crippen LogP contribution in [0.2, 0.25) is 0 Å². The largest absolute Gasteiger partial charge is 0.346 e. The number of hydrogen-bond acceptors (Lipinski definition) is 3. The minimum absolute atomic E-state index is 0.128. The summed E-state index contributed by atoms with van der Waals surface area (Å²) >= 11 is 0. The molecule has 1 saturated carbocycles. The Morgan fingerprint density at radius 2 is 2.18 bits per heavy atom. The summed E-state index contributed by atoms with van der Waals surface area (Å²) in [5.74, 6) is 0. The van der Waals surface area contributed by atoms with Crippen molar-refractivity contribution in [3.05, 3.63) is 18.0 Å². The first-order chi connectivity index (χ1) is 7.94. The van der Waals surface area contributed by atoms with E-state index in [1.165, 1.54) is 0 Å². The normalized spacial score (nSPS) is 16.7. The van der Waals surface area contributed by atoms with Gasteiger partial charge < -0.3 is 10.3 Å². The van der Waals surface area contributed by atoms with Crippen molar-refractivity contribution in [1.82, 2.24) is 9.29 Å². The van der Waals surface area contributed by atoms with E-state index in [4.69, 9.17) is 5.73 Å². The molecule has 0 unspecified atom stereocenters. The van der Waals surface area contributed by atoms with Crippen molar-refractivity contribution in [2.75, 3.05) is 0 Å². The minimum Gasteiger partial charge on any atom is -0.346 e. The Kier molecular flexibility index (Phi) is 3.29. The van der Waals surface area contributed by atoms with Gasteiger partial charge in [-0.1, -0.05) is 0 Å². The van der Waals surface area contributed by atoms with Gasteiger partial charge >= 0.3 is 0 Å². The smallest absolute Gasteiger partial charge is 0.242 e. The van der Waals surface area contributed by atoms with Gasteiger partial charge in [-0.25, -0.2) is 13.1 Å². The van der Waals surface area contributed by atoms with Crippen LogP contribution in [0.15, 0.2) is 17.2 Å². The van der Waals surface area contributed by atoms with Crippen LogP contribution in [0, 0.1) is 0 Å². The molecule has 0 amide bonds. The summed E-state index contributed by atoms with van der Waals surface area (Å²) in [7, 11) is -3.37. The maximum Gasteiger partial charge on any atom is 0.242 e. The summed E-state index contributed by atoms with van der Waals surface area (Å²) in [6.07, 6.45) is 3.54.